The number of benzene rings is 2. The molecular weight excluding hydrogens is 451 g/mol. The number of hydrogen-bond acceptors (Lipinski definition) is 5. The minimum absolute atomic E-state index is 0.0379. The highest BCUT2D eigenvalue weighted by Crippen LogP contribution is 2.30. The second-order valence-electron chi connectivity index (χ2n) is 7.18. The predicted molar refractivity (Wildman–Crippen MR) is 124 cm³/mol. The fourth-order valence-electron chi connectivity index (χ4n) is 3.25. The van der Waals surface area contributed by atoms with Crippen molar-refractivity contribution in [3.8, 4) is 11.1 Å². The largest absolute Gasteiger partial charge is 0.466 e. The molecule has 3 rings (SSSR count). The normalized spacial score (nSPS) is 11.8. The molecule has 0 aliphatic carbocycles. The van der Waals surface area contributed by atoms with Crippen molar-refractivity contribution in [2.75, 3.05) is 6.61 Å². The van der Waals surface area contributed by atoms with Gasteiger partial charge in [0.25, 0.3) is 5.91 Å². The number of aryl methyl sites for hydroxylation is 1. The van der Waals surface area contributed by atoms with Gasteiger partial charge in [0, 0.05) is 28.1 Å². The quantitative estimate of drug-likeness (QED) is 0.413. The van der Waals surface area contributed by atoms with Crippen LogP contribution in [0.1, 0.15) is 42.3 Å². The second-order valence-corrected chi connectivity index (χ2v) is 8.02. The molecule has 1 amide bonds. The van der Waals surface area contributed by atoms with Crippen molar-refractivity contribution in [1.29, 1.82) is 0 Å². The van der Waals surface area contributed by atoms with Crippen LogP contribution in [0.2, 0.25) is 10.0 Å². The number of ether oxygens (including phenoxy) is 1. The SMILES string of the molecule is CCOC(=O)CC(Cc1ccc(-c2cc(Cl)ccc2Cl)cc1)NC(=O)c1cnc(CC)o1. The molecule has 0 aliphatic heterocycles. The molecule has 0 fully saturated rings. The average molecular weight is 475 g/mol. The maximum atomic E-state index is 12.6. The van der Waals surface area contributed by atoms with Crippen LogP contribution in [0, 0.1) is 0 Å². The molecule has 168 valence electrons. The Morgan fingerprint density at radius 2 is 1.88 bits per heavy atom. The molecule has 0 bridgehead atoms. The Bertz CT molecular complexity index is 1080. The number of rotatable bonds is 9. The molecule has 32 heavy (non-hydrogen) atoms. The van der Waals surface area contributed by atoms with E-state index in [0.717, 1.165) is 16.7 Å². The minimum atomic E-state index is -0.475. The first-order valence-corrected chi connectivity index (χ1v) is 11.1. The lowest BCUT2D eigenvalue weighted by Gasteiger charge is -2.18. The smallest absolute Gasteiger partial charge is 0.307 e. The van der Waals surface area contributed by atoms with Gasteiger partial charge in [0.1, 0.15) is 0 Å². The summed E-state index contributed by atoms with van der Waals surface area (Å²) in [6.07, 6.45) is 2.45. The van der Waals surface area contributed by atoms with Crippen molar-refractivity contribution in [3.63, 3.8) is 0 Å². The number of nitrogens with zero attached hydrogens (tertiary/aromatic N) is 1. The van der Waals surface area contributed by atoms with Crippen molar-refractivity contribution in [2.45, 2.75) is 39.2 Å². The van der Waals surface area contributed by atoms with E-state index in [1.165, 1.54) is 6.20 Å². The van der Waals surface area contributed by atoms with Crippen molar-refractivity contribution in [3.05, 3.63) is 75.9 Å². The summed E-state index contributed by atoms with van der Waals surface area (Å²) in [5, 5.41) is 4.07. The van der Waals surface area contributed by atoms with Gasteiger partial charge in [0.15, 0.2) is 5.89 Å². The molecule has 1 heterocycles. The molecule has 2 aromatic carbocycles. The number of carbonyl (C=O) groups is 2. The van der Waals surface area contributed by atoms with Gasteiger partial charge in [-0.2, -0.15) is 0 Å². The summed E-state index contributed by atoms with van der Waals surface area (Å²) in [6.45, 7) is 3.90. The average Bonchev–Trinajstić information content (AvgIpc) is 3.26. The van der Waals surface area contributed by atoms with Crippen LogP contribution in [0.3, 0.4) is 0 Å². The van der Waals surface area contributed by atoms with Gasteiger partial charge in [-0.05, 0) is 42.7 Å². The third kappa shape index (κ3) is 6.34. The Labute approximate surface area is 196 Å². The van der Waals surface area contributed by atoms with Crippen LogP contribution in [0.25, 0.3) is 11.1 Å². The summed E-state index contributed by atoms with van der Waals surface area (Å²) < 4.78 is 10.5. The van der Waals surface area contributed by atoms with Gasteiger partial charge in [-0.25, -0.2) is 4.98 Å². The van der Waals surface area contributed by atoms with Crippen molar-refractivity contribution < 1.29 is 18.7 Å². The van der Waals surface area contributed by atoms with Gasteiger partial charge in [-0.1, -0.05) is 54.4 Å². The highest BCUT2D eigenvalue weighted by molar-refractivity contribution is 6.35. The lowest BCUT2D eigenvalue weighted by Crippen LogP contribution is -2.38. The molecule has 1 unspecified atom stereocenters. The first-order valence-electron chi connectivity index (χ1n) is 10.3. The topological polar surface area (TPSA) is 81.4 Å². The van der Waals surface area contributed by atoms with Crippen molar-refractivity contribution in [1.82, 2.24) is 10.3 Å². The summed E-state index contributed by atoms with van der Waals surface area (Å²) in [7, 11) is 0. The van der Waals surface area contributed by atoms with Crippen LogP contribution in [0.5, 0.6) is 0 Å². The first-order chi connectivity index (χ1) is 15.4. The van der Waals surface area contributed by atoms with Crippen molar-refractivity contribution in [2.24, 2.45) is 0 Å². The fraction of sp³-hybridized carbons (Fsp3) is 0.292. The van der Waals surface area contributed by atoms with Crippen LogP contribution < -0.4 is 5.32 Å². The zero-order valence-corrected chi connectivity index (χ0v) is 19.4. The maximum absolute atomic E-state index is 12.6. The van der Waals surface area contributed by atoms with E-state index in [2.05, 4.69) is 10.3 Å². The maximum Gasteiger partial charge on any atom is 0.307 e. The standard InChI is InChI=1S/C24H24Cl2N2O4/c1-3-22-27-14-21(32-22)24(30)28-18(13-23(29)31-4-2)11-15-5-7-16(8-6-15)19-12-17(25)9-10-20(19)26/h5-10,12,14,18H,3-4,11,13H2,1-2H3,(H,28,30). The number of halogens is 2. The van der Waals surface area contributed by atoms with Crippen molar-refractivity contribution >= 4 is 35.1 Å². The van der Waals surface area contributed by atoms with Crippen LogP contribution >= 0.6 is 23.2 Å². The first kappa shape index (κ1) is 23.8. The molecule has 1 aromatic heterocycles. The van der Waals surface area contributed by atoms with E-state index in [9.17, 15) is 9.59 Å². The van der Waals surface area contributed by atoms with Gasteiger partial charge >= 0.3 is 5.97 Å². The summed E-state index contributed by atoms with van der Waals surface area (Å²) in [5.41, 5.74) is 2.69. The number of nitrogens with one attached hydrogen (secondary N) is 1. The Kier molecular flexibility index (Phi) is 8.31. The molecule has 1 N–H and O–H groups in total. The van der Waals surface area contributed by atoms with E-state index in [-0.39, 0.29) is 24.8 Å². The highest BCUT2D eigenvalue weighted by atomic mass is 35.5. The highest BCUT2D eigenvalue weighted by Gasteiger charge is 2.21. The Morgan fingerprint density at radius 1 is 1.12 bits per heavy atom. The molecule has 8 heteroatoms. The van der Waals surface area contributed by atoms with Crippen LogP contribution in [-0.4, -0.2) is 29.5 Å². The van der Waals surface area contributed by atoms with E-state index < -0.39 is 11.9 Å². The third-order valence-electron chi connectivity index (χ3n) is 4.81. The minimum Gasteiger partial charge on any atom is -0.466 e. The lowest BCUT2D eigenvalue weighted by atomic mass is 9.99. The number of hydrogen-bond donors (Lipinski definition) is 1. The van der Waals surface area contributed by atoms with Gasteiger partial charge in [-0.3, -0.25) is 9.59 Å². The Balaban J connectivity index is 1.75. The van der Waals surface area contributed by atoms with E-state index in [4.69, 9.17) is 32.4 Å². The molecule has 0 spiro atoms. The molecule has 0 saturated heterocycles. The summed E-state index contributed by atoms with van der Waals surface area (Å²) in [4.78, 5) is 28.7. The fourth-order valence-corrected chi connectivity index (χ4v) is 3.65. The Morgan fingerprint density at radius 3 is 2.53 bits per heavy atom. The van der Waals surface area contributed by atoms with Crippen LogP contribution in [-0.2, 0) is 22.4 Å². The molecule has 0 radical (unpaired) electrons. The number of carbonyl (C=O) groups excluding carboxylic acids is 2. The summed E-state index contributed by atoms with van der Waals surface area (Å²) in [6, 6.07) is 12.6. The molecular formula is C24H24Cl2N2O4. The van der Waals surface area contributed by atoms with E-state index >= 15 is 0 Å². The lowest BCUT2D eigenvalue weighted by molar-refractivity contribution is -0.143. The van der Waals surface area contributed by atoms with E-state index in [0.29, 0.717) is 28.8 Å². The van der Waals surface area contributed by atoms with Crippen LogP contribution in [0.4, 0.5) is 0 Å². The van der Waals surface area contributed by atoms with Gasteiger partial charge in [0.2, 0.25) is 5.76 Å². The van der Waals surface area contributed by atoms with E-state index in [1.807, 2.05) is 37.3 Å². The Hall–Kier alpha value is -2.83. The second kappa shape index (κ2) is 11.2. The monoisotopic (exact) mass is 474 g/mol. The van der Waals surface area contributed by atoms with Gasteiger partial charge in [-0.15, -0.1) is 0 Å². The zero-order valence-electron chi connectivity index (χ0n) is 17.9. The molecule has 3 aromatic rings. The summed E-state index contributed by atoms with van der Waals surface area (Å²) >= 11 is 12.4. The van der Waals surface area contributed by atoms with E-state index in [1.54, 1.807) is 19.1 Å². The third-order valence-corrected chi connectivity index (χ3v) is 5.37. The zero-order chi connectivity index (χ0) is 23.1. The predicted octanol–water partition coefficient (Wildman–Crippen LogP) is 5.51. The molecule has 0 aliphatic rings. The number of oxazole rings is 1. The number of aromatic nitrogens is 1. The van der Waals surface area contributed by atoms with Gasteiger partial charge in [0.05, 0.1) is 19.2 Å². The summed E-state index contributed by atoms with van der Waals surface area (Å²) in [5.74, 6) is -0.213. The molecule has 6 nitrogen and oxygen atoms in total. The number of esters is 1. The molecule has 1 atom stereocenters. The van der Waals surface area contributed by atoms with Gasteiger partial charge < -0.3 is 14.5 Å². The molecule has 0 saturated carbocycles. The number of amides is 1. The van der Waals surface area contributed by atoms with Crippen LogP contribution in [0.15, 0.2) is 53.1 Å².